The van der Waals surface area contributed by atoms with Gasteiger partial charge in [-0.3, -0.25) is 4.79 Å². The largest absolute Gasteiger partial charge is 0.279 e. The maximum Gasteiger partial charge on any atom is 0.279 e. The third kappa shape index (κ3) is 1.54. The summed E-state index contributed by atoms with van der Waals surface area (Å²) >= 11 is 2.99. The fourth-order valence-corrected chi connectivity index (χ4v) is 3.11. The average molecular weight is 246 g/mol. The minimum atomic E-state index is -0.181. The lowest BCUT2D eigenvalue weighted by atomic mass is 10.3. The van der Waals surface area contributed by atoms with E-state index in [1.165, 1.54) is 22.7 Å². The molecule has 2 heterocycles. The highest BCUT2D eigenvalue weighted by Crippen LogP contribution is 2.26. The van der Waals surface area contributed by atoms with Crippen molar-refractivity contribution in [2.75, 3.05) is 0 Å². The lowest BCUT2D eigenvalue weighted by Gasteiger charge is -1.97. The second kappa shape index (κ2) is 3.77. The third-order valence-electron chi connectivity index (χ3n) is 2.14. The molecule has 3 nitrogen and oxygen atoms in total. The van der Waals surface area contributed by atoms with Gasteiger partial charge in [-0.25, -0.2) is 4.98 Å². The normalized spacial score (nSPS) is 10.8. The highest BCUT2D eigenvalue weighted by molar-refractivity contribution is 7.24. The van der Waals surface area contributed by atoms with Crippen molar-refractivity contribution in [1.82, 2.24) is 9.97 Å². The van der Waals surface area contributed by atoms with Crippen LogP contribution in [0.25, 0.3) is 20.1 Å². The van der Waals surface area contributed by atoms with Crippen molar-refractivity contribution >= 4 is 32.8 Å². The molecule has 0 radical (unpaired) electrons. The Balaban J connectivity index is 2.34. The maximum absolute atomic E-state index is 11.8. The minimum absolute atomic E-state index is 0.181. The molecule has 78 valence electrons. The van der Waals surface area contributed by atoms with Crippen LogP contribution in [0.2, 0.25) is 0 Å². The van der Waals surface area contributed by atoms with Gasteiger partial charge < -0.3 is 0 Å². The molecule has 0 unspecified atom stereocenters. The molecule has 0 aliphatic rings. The van der Waals surface area contributed by atoms with Gasteiger partial charge in [-0.05, 0) is 12.1 Å². The number of thiazole rings is 1. The van der Waals surface area contributed by atoms with E-state index in [-0.39, 0.29) is 5.56 Å². The molecule has 1 aromatic carbocycles. The van der Waals surface area contributed by atoms with Crippen LogP contribution >= 0.6 is 22.7 Å². The molecular formula is C11H6N2OS2. The maximum atomic E-state index is 11.8. The van der Waals surface area contributed by atoms with Crippen molar-refractivity contribution in [3.05, 3.63) is 46.2 Å². The second-order valence-electron chi connectivity index (χ2n) is 3.16. The van der Waals surface area contributed by atoms with Gasteiger partial charge in [0.25, 0.3) is 5.56 Å². The lowest BCUT2D eigenvalue weighted by Crippen LogP contribution is -2.05. The Kier molecular flexibility index (Phi) is 2.27. The van der Waals surface area contributed by atoms with Crippen molar-refractivity contribution in [1.29, 1.82) is 0 Å². The Labute approximate surface area is 99.1 Å². The van der Waals surface area contributed by atoms with Gasteiger partial charge in [0, 0.05) is 16.3 Å². The first kappa shape index (κ1) is 9.62. The summed E-state index contributed by atoms with van der Waals surface area (Å²) < 4.78 is 0.952. The van der Waals surface area contributed by atoms with Gasteiger partial charge in [0.2, 0.25) is 0 Å². The minimum Gasteiger partial charge on any atom is -0.267 e. The van der Waals surface area contributed by atoms with E-state index in [0.29, 0.717) is 10.4 Å². The van der Waals surface area contributed by atoms with Crippen LogP contribution in [0.15, 0.2) is 40.6 Å². The zero-order valence-electron chi connectivity index (χ0n) is 8.08. The molecule has 3 aromatic rings. The number of fused-ring (bicyclic) bond motifs is 1. The molecule has 0 atom stereocenters. The molecule has 3 rings (SSSR count). The van der Waals surface area contributed by atoms with E-state index in [2.05, 4.69) is 9.97 Å². The van der Waals surface area contributed by atoms with Crippen LogP contribution < -0.4 is 5.56 Å². The molecule has 0 saturated carbocycles. The quantitative estimate of drug-likeness (QED) is 0.663. The van der Waals surface area contributed by atoms with E-state index in [4.69, 9.17) is 0 Å². The van der Waals surface area contributed by atoms with Gasteiger partial charge in [0.05, 0.1) is 5.39 Å². The molecule has 0 fully saturated rings. The standard InChI is InChI=1S/C11H6N2OS2/c14-9-7-3-1-2-4-8(7)16-11(13-9)10-12-5-6-15-10/h1-6H. The Morgan fingerprint density at radius 2 is 2.00 bits per heavy atom. The topological polar surface area (TPSA) is 42.9 Å². The summed E-state index contributed by atoms with van der Waals surface area (Å²) in [4.78, 5) is 20.0. The zero-order chi connectivity index (χ0) is 11.0. The van der Waals surface area contributed by atoms with E-state index < -0.39 is 0 Å². The smallest absolute Gasteiger partial charge is 0.267 e. The molecule has 2 aromatic heterocycles. The number of hydrogen-bond acceptors (Lipinski definition) is 5. The van der Waals surface area contributed by atoms with Crippen LogP contribution in [0, 0.1) is 0 Å². The van der Waals surface area contributed by atoms with E-state index in [1.54, 1.807) is 12.3 Å². The third-order valence-corrected chi connectivity index (χ3v) is 4.11. The summed E-state index contributed by atoms with van der Waals surface area (Å²) in [5, 5.41) is 4.04. The summed E-state index contributed by atoms with van der Waals surface area (Å²) in [6.45, 7) is 0. The van der Waals surface area contributed by atoms with E-state index in [9.17, 15) is 4.79 Å². The van der Waals surface area contributed by atoms with Gasteiger partial charge in [0.15, 0.2) is 10.0 Å². The molecule has 5 heteroatoms. The molecule has 0 aliphatic heterocycles. The highest BCUT2D eigenvalue weighted by Gasteiger charge is 2.07. The molecule has 0 aliphatic carbocycles. The van der Waals surface area contributed by atoms with Gasteiger partial charge in [-0.2, -0.15) is 4.98 Å². The predicted octanol–water partition coefficient (Wildman–Crippen LogP) is 2.78. The molecule has 0 N–H and O–H groups in total. The first-order chi connectivity index (χ1) is 7.84. The first-order valence-corrected chi connectivity index (χ1v) is 6.34. The molecule has 0 saturated heterocycles. The number of nitrogens with zero attached hydrogens (tertiary/aromatic N) is 2. The van der Waals surface area contributed by atoms with E-state index in [0.717, 1.165) is 9.71 Å². The number of rotatable bonds is 1. The molecule has 0 bridgehead atoms. The summed E-state index contributed by atoms with van der Waals surface area (Å²) in [6, 6.07) is 7.50. The molecule has 16 heavy (non-hydrogen) atoms. The van der Waals surface area contributed by atoms with Crippen LogP contribution in [-0.4, -0.2) is 9.97 Å². The van der Waals surface area contributed by atoms with Crippen LogP contribution in [0.4, 0.5) is 0 Å². The second-order valence-corrected chi connectivity index (χ2v) is 5.08. The lowest BCUT2D eigenvalue weighted by molar-refractivity contribution is 1.29. The van der Waals surface area contributed by atoms with Crippen molar-refractivity contribution in [2.45, 2.75) is 0 Å². The predicted molar refractivity (Wildman–Crippen MR) is 67.0 cm³/mol. The van der Waals surface area contributed by atoms with Crippen LogP contribution in [-0.2, 0) is 0 Å². The van der Waals surface area contributed by atoms with E-state index in [1.807, 2.05) is 23.6 Å². The summed E-state index contributed by atoms with van der Waals surface area (Å²) in [5.74, 6) is 0. The molecule has 0 amide bonds. The van der Waals surface area contributed by atoms with E-state index >= 15 is 0 Å². The Hall–Kier alpha value is -1.59. The fraction of sp³-hybridized carbons (Fsp3) is 0. The molecule has 0 spiro atoms. The van der Waals surface area contributed by atoms with Crippen LogP contribution in [0.1, 0.15) is 0 Å². The van der Waals surface area contributed by atoms with Crippen molar-refractivity contribution in [3.8, 4) is 10.0 Å². The monoisotopic (exact) mass is 246 g/mol. The van der Waals surface area contributed by atoms with Crippen LogP contribution in [0.5, 0.6) is 0 Å². The van der Waals surface area contributed by atoms with Gasteiger partial charge >= 0.3 is 0 Å². The first-order valence-electron chi connectivity index (χ1n) is 4.64. The Bertz CT molecular complexity index is 689. The Morgan fingerprint density at radius 1 is 1.12 bits per heavy atom. The van der Waals surface area contributed by atoms with Gasteiger partial charge in [0.1, 0.15) is 0 Å². The molecular weight excluding hydrogens is 240 g/mol. The van der Waals surface area contributed by atoms with Crippen molar-refractivity contribution in [2.24, 2.45) is 0 Å². The van der Waals surface area contributed by atoms with Gasteiger partial charge in [-0.1, -0.05) is 12.1 Å². The van der Waals surface area contributed by atoms with Gasteiger partial charge in [-0.15, -0.1) is 22.7 Å². The summed E-state index contributed by atoms with van der Waals surface area (Å²) in [6.07, 6.45) is 1.72. The van der Waals surface area contributed by atoms with Crippen molar-refractivity contribution in [3.63, 3.8) is 0 Å². The average Bonchev–Trinajstić information content (AvgIpc) is 2.82. The van der Waals surface area contributed by atoms with Crippen LogP contribution in [0.3, 0.4) is 0 Å². The summed E-state index contributed by atoms with van der Waals surface area (Å²) in [5.41, 5.74) is -0.181. The zero-order valence-corrected chi connectivity index (χ0v) is 9.72. The Morgan fingerprint density at radius 3 is 2.81 bits per heavy atom. The highest BCUT2D eigenvalue weighted by atomic mass is 32.1. The SMILES string of the molecule is O=c1nc(-c2nccs2)sc2ccccc12. The summed E-state index contributed by atoms with van der Waals surface area (Å²) in [7, 11) is 0. The number of benzene rings is 1. The number of hydrogen-bond donors (Lipinski definition) is 0. The fourth-order valence-electron chi connectivity index (χ4n) is 1.43. The van der Waals surface area contributed by atoms with Crippen molar-refractivity contribution < 1.29 is 0 Å². The number of aromatic nitrogens is 2.